The van der Waals surface area contributed by atoms with Gasteiger partial charge in [0.1, 0.15) is 0 Å². The normalized spacial score (nSPS) is 23.3. The summed E-state index contributed by atoms with van der Waals surface area (Å²) >= 11 is 0. The molecule has 2 amide bonds. The first-order chi connectivity index (χ1) is 10.5. The average molecular weight is 315 g/mol. The average Bonchev–Trinajstić information content (AvgIpc) is 2.84. The molecule has 5 nitrogen and oxygen atoms in total. The third-order valence-electron chi connectivity index (χ3n) is 4.38. The van der Waals surface area contributed by atoms with Crippen molar-refractivity contribution in [2.24, 2.45) is 0 Å². The summed E-state index contributed by atoms with van der Waals surface area (Å²) in [4.78, 5) is 26.6. The first-order valence-corrected chi connectivity index (χ1v) is 8.90. The molecule has 2 aliphatic heterocycles. The van der Waals surface area contributed by atoms with E-state index in [-0.39, 0.29) is 11.5 Å². The van der Waals surface area contributed by atoms with E-state index in [1.807, 2.05) is 12.1 Å². The molecule has 2 heterocycles. The fraction of sp³-hybridized carbons (Fsp3) is 0.250. The van der Waals surface area contributed by atoms with Crippen LogP contribution in [0.2, 0.25) is 0 Å². The number of hydrogen-bond donors (Lipinski definition) is 0. The second-order valence-electron chi connectivity index (χ2n) is 5.75. The van der Waals surface area contributed by atoms with Crippen LogP contribution < -0.4 is 0 Å². The van der Waals surface area contributed by atoms with Crippen molar-refractivity contribution in [3.05, 3.63) is 47.5 Å². The van der Waals surface area contributed by atoms with Gasteiger partial charge in [-0.2, -0.15) is 0 Å². The number of hydrogen-bond acceptors (Lipinski definition) is 4. The van der Waals surface area contributed by atoms with Gasteiger partial charge in [0, 0.05) is 16.5 Å². The van der Waals surface area contributed by atoms with E-state index in [1.54, 1.807) is 24.3 Å². The molecule has 6 heteroatoms. The lowest BCUT2D eigenvalue weighted by molar-refractivity contribution is 0.0556. The molecule has 0 bridgehead atoms. The Balaban J connectivity index is 1.89. The van der Waals surface area contributed by atoms with Gasteiger partial charge in [-0.3, -0.25) is 14.5 Å². The summed E-state index contributed by atoms with van der Waals surface area (Å²) in [6, 6.07) is 10.1. The molecule has 1 fully saturated rings. The Morgan fingerprint density at radius 2 is 1.55 bits per heavy atom. The van der Waals surface area contributed by atoms with Crippen molar-refractivity contribution in [1.82, 2.24) is 4.90 Å². The molecule has 4 rings (SSSR count). The van der Waals surface area contributed by atoms with Crippen molar-refractivity contribution < 1.29 is 18.0 Å². The second kappa shape index (κ2) is 4.39. The number of carbonyl (C=O) groups excluding carboxylic acids is 2. The highest BCUT2D eigenvalue weighted by molar-refractivity contribution is 7.91. The van der Waals surface area contributed by atoms with E-state index in [4.69, 9.17) is 0 Å². The van der Waals surface area contributed by atoms with Gasteiger partial charge >= 0.3 is 0 Å². The molecule has 0 aliphatic carbocycles. The minimum atomic E-state index is -3.17. The Morgan fingerprint density at radius 3 is 2.05 bits per heavy atom. The monoisotopic (exact) mass is 315 g/mol. The highest BCUT2D eigenvalue weighted by Crippen LogP contribution is 2.32. The summed E-state index contributed by atoms with van der Waals surface area (Å²) in [6.45, 7) is 0. The molecule has 2 aliphatic rings. The van der Waals surface area contributed by atoms with Crippen LogP contribution >= 0.6 is 0 Å². The van der Waals surface area contributed by atoms with Crippen molar-refractivity contribution in [2.45, 2.75) is 12.5 Å². The Morgan fingerprint density at radius 1 is 0.955 bits per heavy atom. The van der Waals surface area contributed by atoms with Crippen LogP contribution in [0.15, 0.2) is 36.4 Å². The number of imide groups is 1. The third-order valence-corrected chi connectivity index (χ3v) is 6.13. The van der Waals surface area contributed by atoms with Crippen LogP contribution in [0.3, 0.4) is 0 Å². The number of carbonyl (C=O) groups is 2. The molecule has 2 aromatic carbocycles. The molecule has 0 spiro atoms. The molecule has 0 unspecified atom stereocenters. The van der Waals surface area contributed by atoms with Crippen LogP contribution in [0.4, 0.5) is 0 Å². The van der Waals surface area contributed by atoms with Crippen LogP contribution in [-0.4, -0.2) is 42.7 Å². The lowest BCUT2D eigenvalue weighted by Gasteiger charge is -2.31. The Kier molecular flexibility index (Phi) is 2.69. The Hall–Kier alpha value is -2.21. The van der Waals surface area contributed by atoms with Crippen molar-refractivity contribution in [3.63, 3.8) is 0 Å². The number of amides is 2. The van der Waals surface area contributed by atoms with Crippen molar-refractivity contribution >= 4 is 32.4 Å². The fourth-order valence-corrected chi connectivity index (χ4v) is 5.06. The van der Waals surface area contributed by atoms with E-state index in [0.29, 0.717) is 22.9 Å². The predicted octanol–water partition coefficient (Wildman–Crippen LogP) is 1.62. The minimum Gasteiger partial charge on any atom is -0.270 e. The van der Waals surface area contributed by atoms with E-state index in [9.17, 15) is 18.0 Å². The summed E-state index contributed by atoms with van der Waals surface area (Å²) in [5.41, 5.74) is 0.939. The number of sulfone groups is 1. The zero-order chi connectivity index (χ0) is 15.5. The summed E-state index contributed by atoms with van der Waals surface area (Å²) < 4.78 is 23.4. The number of benzene rings is 2. The molecule has 1 saturated heterocycles. The largest absolute Gasteiger partial charge is 0.270 e. The third kappa shape index (κ3) is 1.80. The standard InChI is InChI=1S/C16H13NO4S/c18-15-12-5-1-3-10-4-2-6-13(14(10)12)16(19)17(15)11-7-8-22(20,21)9-11/h1-6,11H,7-9H2/t11-/m1/s1. The number of nitrogens with zero attached hydrogens (tertiary/aromatic N) is 1. The minimum absolute atomic E-state index is 0.0283. The second-order valence-corrected chi connectivity index (χ2v) is 7.98. The highest BCUT2D eigenvalue weighted by atomic mass is 32.2. The molecule has 1 atom stereocenters. The van der Waals surface area contributed by atoms with Crippen molar-refractivity contribution in [1.29, 1.82) is 0 Å². The molecule has 0 N–H and O–H groups in total. The summed E-state index contributed by atoms with van der Waals surface area (Å²) in [5.74, 6) is -0.892. The smallest absolute Gasteiger partial charge is 0.261 e. The maximum Gasteiger partial charge on any atom is 0.261 e. The Bertz CT molecular complexity index is 882. The quantitative estimate of drug-likeness (QED) is 0.750. The van der Waals surface area contributed by atoms with E-state index < -0.39 is 27.7 Å². The van der Waals surface area contributed by atoms with E-state index in [1.165, 1.54) is 0 Å². The van der Waals surface area contributed by atoms with Crippen LogP contribution in [0.1, 0.15) is 27.1 Å². The van der Waals surface area contributed by atoms with E-state index in [0.717, 1.165) is 10.3 Å². The fourth-order valence-electron chi connectivity index (χ4n) is 3.36. The molecule has 0 saturated carbocycles. The first kappa shape index (κ1) is 13.5. The molecule has 2 aromatic rings. The van der Waals surface area contributed by atoms with Crippen molar-refractivity contribution in [3.8, 4) is 0 Å². The van der Waals surface area contributed by atoms with Gasteiger partial charge in [-0.1, -0.05) is 24.3 Å². The van der Waals surface area contributed by atoms with Gasteiger partial charge in [0.05, 0.1) is 17.5 Å². The summed E-state index contributed by atoms with van der Waals surface area (Å²) in [5, 5.41) is 1.51. The highest BCUT2D eigenvalue weighted by Gasteiger charge is 2.41. The summed E-state index contributed by atoms with van der Waals surface area (Å²) in [7, 11) is -3.17. The molecular formula is C16H13NO4S. The van der Waals surface area contributed by atoms with Crippen molar-refractivity contribution in [2.75, 3.05) is 11.5 Å². The van der Waals surface area contributed by atoms with Gasteiger partial charge in [-0.05, 0) is 23.9 Å². The van der Waals surface area contributed by atoms with Gasteiger partial charge in [0.25, 0.3) is 11.8 Å². The van der Waals surface area contributed by atoms with Gasteiger partial charge in [-0.15, -0.1) is 0 Å². The number of rotatable bonds is 1. The lowest BCUT2D eigenvalue weighted by atomic mass is 9.93. The van der Waals surface area contributed by atoms with Gasteiger partial charge in [0.2, 0.25) is 0 Å². The predicted molar refractivity (Wildman–Crippen MR) is 81.5 cm³/mol. The zero-order valence-corrected chi connectivity index (χ0v) is 12.5. The topological polar surface area (TPSA) is 71.5 Å². The van der Waals surface area contributed by atoms with Crippen LogP contribution in [0.5, 0.6) is 0 Å². The Labute approximate surface area is 127 Å². The van der Waals surface area contributed by atoms with Crippen LogP contribution in [0, 0.1) is 0 Å². The first-order valence-electron chi connectivity index (χ1n) is 7.08. The molecule has 0 aromatic heterocycles. The van der Waals surface area contributed by atoms with Crippen LogP contribution in [-0.2, 0) is 9.84 Å². The molecule has 22 heavy (non-hydrogen) atoms. The zero-order valence-electron chi connectivity index (χ0n) is 11.7. The van der Waals surface area contributed by atoms with E-state index >= 15 is 0 Å². The van der Waals surface area contributed by atoms with Crippen LogP contribution in [0.25, 0.3) is 10.8 Å². The maximum absolute atomic E-state index is 12.7. The lowest BCUT2D eigenvalue weighted by Crippen LogP contribution is -2.47. The molecule has 112 valence electrons. The van der Waals surface area contributed by atoms with Gasteiger partial charge < -0.3 is 0 Å². The molecular weight excluding hydrogens is 302 g/mol. The summed E-state index contributed by atoms with van der Waals surface area (Å²) in [6.07, 6.45) is 0.317. The SMILES string of the molecule is O=C1c2cccc3cccc(c23)C(=O)N1[C@@H]1CCS(=O)(=O)C1. The van der Waals surface area contributed by atoms with Gasteiger partial charge in [0.15, 0.2) is 9.84 Å². The van der Waals surface area contributed by atoms with Gasteiger partial charge in [-0.25, -0.2) is 8.42 Å². The van der Waals surface area contributed by atoms with E-state index in [2.05, 4.69) is 0 Å². The molecule has 0 radical (unpaired) electrons. The maximum atomic E-state index is 12.7.